The summed E-state index contributed by atoms with van der Waals surface area (Å²) in [4.78, 5) is 28.4. The highest BCUT2D eigenvalue weighted by atomic mass is 31.1. The van der Waals surface area contributed by atoms with Crippen LogP contribution in [0.3, 0.4) is 0 Å². The lowest BCUT2D eigenvalue weighted by Crippen LogP contribution is -2.39. The summed E-state index contributed by atoms with van der Waals surface area (Å²) in [6.07, 6.45) is 0. The Balaban J connectivity index is 2.40. The summed E-state index contributed by atoms with van der Waals surface area (Å²) in [5.74, 6) is -0.771. The van der Waals surface area contributed by atoms with Crippen LogP contribution in [0.2, 0.25) is 0 Å². The second-order valence-corrected chi connectivity index (χ2v) is 7.75. The summed E-state index contributed by atoms with van der Waals surface area (Å²) in [5.41, 5.74) is 0.228. The van der Waals surface area contributed by atoms with Crippen LogP contribution in [0.15, 0.2) is 66.7 Å². The molecule has 0 heterocycles. The molecule has 0 amide bonds. The third-order valence-corrected chi connectivity index (χ3v) is 6.23. The predicted octanol–water partition coefficient (Wildman–Crippen LogP) is 4.97. The number of carbonyl (C=O) groups is 2. The number of ketones is 2. The molecule has 0 aliphatic carbocycles. The summed E-state index contributed by atoms with van der Waals surface area (Å²) in [6, 6.07) is 17.8. The van der Waals surface area contributed by atoms with Gasteiger partial charge in [-0.25, -0.2) is 0 Å². The van der Waals surface area contributed by atoms with Gasteiger partial charge in [-0.3, -0.25) is 14.2 Å². The van der Waals surface area contributed by atoms with Gasteiger partial charge in [-0.05, 0) is 29.8 Å². The van der Waals surface area contributed by atoms with Gasteiger partial charge in [0, 0.05) is 0 Å². The van der Waals surface area contributed by atoms with Crippen LogP contribution in [0, 0.1) is 0 Å². The van der Waals surface area contributed by atoms with Gasteiger partial charge < -0.3 is 18.9 Å². The number of benzene rings is 3. The minimum absolute atomic E-state index is 0.00285. The standard InChI is InChI=1S/C25H23O7P/c1-29-17-12-8-13-18(30-2)21(17)23(26)25(33-28,16-10-6-5-7-11-16)24(27)22-19(31-3)14-9-15-20(22)32-4/h5-15H,1-4H3. The first-order chi connectivity index (χ1) is 16.0. The van der Waals surface area contributed by atoms with Crippen LogP contribution in [-0.4, -0.2) is 40.0 Å². The van der Waals surface area contributed by atoms with Crippen molar-refractivity contribution in [2.75, 3.05) is 28.4 Å². The Hall–Kier alpha value is -3.70. The molecule has 7 nitrogen and oxygen atoms in total. The molecular weight excluding hydrogens is 443 g/mol. The van der Waals surface area contributed by atoms with Gasteiger partial charge in [0.2, 0.25) is 5.16 Å². The van der Waals surface area contributed by atoms with Crippen molar-refractivity contribution in [2.45, 2.75) is 5.16 Å². The van der Waals surface area contributed by atoms with Crippen molar-refractivity contribution in [3.8, 4) is 23.0 Å². The van der Waals surface area contributed by atoms with E-state index >= 15 is 0 Å². The highest BCUT2D eigenvalue weighted by Crippen LogP contribution is 2.47. The fraction of sp³-hybridized carbons (Fsp3) is 0.200. The van der Waals surface area contributed by atoms with E-state index in [2.05, 4.69) is 0 Å². The third-order valence-electron chi connectivity index (χ3n) is 5.30. The molecule has 0 atom stereocenters. The Kier molecular flexibility index (Phi) is 7.46. The van der Waals surface area contributed by atoms with Crippen LogP contribution >= 0.6 is 8.46 Å². The normalized spacial score (nSPS) is 11.0. The van der Waals surface area contributed by atoms with Crippen LogP contribution < -0.4 is 18.9 Å². The molecule has 8 heteroatoms. The minimum atomic E-state index is -2.16. The number of hydrogen-bond acceptors (Lipinski definition) is 7. The molecule has 3 aromatic carbocycles. The van der Waals surface area contributed by atoms with E-state index in [0.717, 1.165) is 0 Å². The van der Waals surface area contributed by atoms with Crippen molar-refractivity contribution in [3.63, 3.8) is 0 Å². The van der Waals surface area contributed by atoms with E-state index in [9.17, 15) is 14.2 Å². The Morgan fingerprint density at radius 1 is 0.606 bits per heavy atom. The number of hydrogen-bond donors (Lipinski definition) is 0. The first-order valence-corrected chi connectivity index (χ1v) is 10.7. The molecule has 3 aromatic rings. The smallest absolute Gasteiger partial charge is 0.201 e. The zero-order valence-electron chi connectivity index (χ0n) is 18.7. The maximum absolute atomic E-state index is 14.2. The number of carbonyl (C=O) groups excluding carboxylic acids is 2. The van der Waals surface area contributed by atoms with Crippen molar-refractivity contribution in [1.29, 1.82) is 0 Å². The average molecular weight is 466 g/mol. The average Bonchev–Trinajstić information content (AvgIpc) is 2.88. The summed E-state index contributed by atoms with van der Waals surface area (Å²) in [7, 11) is 4.85. The van der Waals surface area contributed by atoms with Gasteiger partial charge in [-0.15, -0.1) is 0 Å². The van der Waals surface area contributed by atoms with Gasteiger partial charge in [0.1, 0.15) is 34.1 Å². The Morgan fingerprint density at radius 2 is 0.970 bits per heavy atom. The zero-order chi connectivity index (χ0) is 24.0. The first-order valence-electron chi connectivity index (χ1n) is 9.91. The summed E-state index contributed by atoms with van der Waals surface area (Å²) < 4.78 is 34.5. The van der Waals surface area contributed by atoms with Crippen LogP contribution in [0.5, 0.6) is 23.0 Å². The highest BCUT2D eigenvalue weighted by molar-refractivity contribution is 7.29. The topological polar surface area (TPSA) is 88.1 Å². The second kappa shape index (κ2) is 10.3. The number of methoxy groups -OCH3 is 4. The van der Waals surface area contributed by atoms with E-state index < -0.39 is 25.2 Å². The lowest BCUT2D eigenvalue weighted by Gasteiger charge is -2.27. The van der Waals surface area contributed by atoms with E-state index in [4.69, 9.17) is 18.9 Å². The molecule has 0 N–H and O–H groups in total. The summed E-state index contributed by atoms with van der Waals surface area (Å²) in [6.45, 7) is 0. The van der Waals surface area contributed by atoms with Gasteiger partial charge in [-0.1, -0.05) is 42.5 Å². The molecule has 0 bridgehead atoms. The maximum Gasteiger partial charge on any atom is 0.201 e. The highest BCUT2D eigenvalue weighted by Gasteiger charge is 2.52. The largest absolute Gasteiger partial charge is 0.496 e. The number of Topliss-reactive ketones (excluding diaryl/α,β-unsaturated/α-hetero) is 2. The molecule has 170 valence electrons. The predicted molar refractivity (Wildman–Crippen MR) is 123 cm³/mol. The zero-order valence-corrected chi connectivity index (χ0v) is 19.6. The third kappa shape index (κ3) is 4.08. The molecule has 33 heavy (non-hydrogen) atoms. The summed E-state index contributed by atoms with van der Waals surface area (Å²) >= 11 is 0. The summed E-state index contributed by atoms with van der Waals surface area (Å²) in [5, 5.41) is -2.16. The minimum Gasteiger partial charge on any atom is -0.496 e. The fourth-order valence-corrected chi connectivity index (χ4v) is 4.34. The van der Waals surface area contributed by atoms with Gasteiger partial charge in [0.15, 0.2) is 20.0 Å². The van der Waals surface area contributed by atoms with Crippen molar-refractivity contribution in [3.05, 3.63) is 83.4 Å². The first kappa shape index (κ1) is 24.0. The number of rotatable bonds is 10. The van der Waals surface area contributed by atoms with Crippen molar-refractivity contribution >= 4 is 20.0 Å². The van der Waals surface area contributed by atoms with Gasteiger partial charge in [0.25, 0.3) is 0 Å². The molecule has 0 radical (unpaired) electrons. The maximum atomic E-state index is 14.2. The van der Waals surface area contributed by atoms with Gasteiger partial charge in [-0.2, -0.15) is 0 Å². The molecular formula is C25H23O7P. The Bertz CT molecular complexity index is 1060. The lowest BCUT2D eigenvalue weighted by atomic mass is 9.82. The second-order valence-electron chi connectivity index (χ2n) is 6.90. The van der Waals surface area contributed by atoms with Crippen LogP contribution in [-0.2, 0) is 9.72 Å². The Labute approximate surface area is 193 Å². The molecule has 0 spiro atoms. The van der Waals surface area contributed by atoms with Crippen molar-refractivity contribution in [1.82, 2.24) is 0 Å². The fourth-order valence-electron chi connectivity index (χ4n) is 3.69. The van der Waals surface area contributed by atoms with E-state index in [1.807, 2.05) is 0 Å². The van der Waals surface area contributed by atoms with Crippen molar-refractivity contribution < 1.29 is 33.1 Å². The molecule has 3 rings (SSSR count). The van der Waals surface area contributed by atoms with E-state index in [1.165, 1.54) is 28.4 Å². The van der Waals surface area contributed by atoms with Crippen LogP contribution in [0.1, 0.15) is 26.3 Å². The molecule has 0 fully saturated rings. The molecule has 0 saturated heterocycles. The van der Waals surface area contributed by atoms with E-state index in [-0.39, 0.29) is 39.7 Å². The molecule has 0 aliphatic heterocycles. The number of ether oxygens (including phenoxy) is 4. The van der Waals surface area contributed by atoms with Crippen LogP contribution in [0.25, 0.3) is 0 Å². The van der Waals surface area contributed by atoms with Gasteiger partial charge in [0.05, 0.1) is 28.4 Å². The lowest BCUT2D eigenvalue weighted by molar-refractivity contribution is 0.0825. The quantitative estimate of drug-likeness (QED) is 0.237. The monoisotopic (exact) mass is 466 g/mol. The van der Waals surface area contributed by atoms with Crippen molar-refractivity contribution in [2.24, 2.45) is 0 Å². The van der Waals surface area contributed by atoms with E-state index in [0.29, 0.717) is 0 Å². The van der Waals surface area contributed by atoms with E-state index in [1.54, 1.807) is 66.7 Å². The molecule has 0 aliphatic rings. The van der Waals surface area contributed by atoms with Gasteiger partial charge >= 0.3 is 0 Å². The molecule has 0 unspecified atom stereocenters. The molecule has 0 aromatic heterocycles. The molecule has 0 saturated carbocycles. The van der Waals surface area contributed by atoms with Crippen LogP contribution in [0.4, 0.5) is 0 Å². The SMILES string of the molecule is COc1cccc(OC)c1C(=O)C(P=O)(C(=O)c1c(OC)cccc1OC)c1ccccc1. The Morgan fingerprint density at radius 3 is 1.27 bits per heavy atom.